The minimum atomic E-state index is -0.647. The number of pyridine rings is 1. The molecule has 0 spiro atoms. The summed E-state index contributed by atoms with van der Waals surface area (Å²) in [4.78, 5) is 22.8. The zero-order chi connectivity index (χ0) is 16.4. The smallest absolute Gasteiger partial charge is 0.190 e. The van der Waals surface area contributed by atoms with Gasteiger partial charge in [0.2, 0.25) is 0 Å². The Hall–Kier alpha value is -2.54. The second kappa shape index (κ2) is 6.29. The maximum absolute atomic E-state index is 13.8. The van der Waals surface area contributed by atoms with E-state index < -0.39 is 11.6 Å². The highest BCUT2D eigenvalue weighted by Gasteiger charge is 2.13. The van der Waals surface area contributed by atoms with Crippen molar-refractivity contribution in [3.05, 3.63) is 63.9 Å². The van der Waals surface area contributed by atoms with E-state index in [-0.39, 0.29) is 24.1 Å². The molecule has 7 heteroatoms. The fourth-order valence-electron chi connectivity index (χ4n) is 2.23. The van der Waals surface area contributed by atoms with Gasteiger partial charge in [-0.25, -0.2) is 8.78 Å². The lowest BCUT2D eigenvalue weighted by atomic mass is 10.2. The molecule has 4 nitrogen and oxygen atoms in total. The molecule has 0 radical (unpaired) electrons. The van der Waals surface area contributed by atoms with Gasteiger partial charge in [0.05, 0.1) is 11.9 Å². The normalized spacial score (nSPS) is 10.9. The van der Waals surface area contributed by atoms with Crippen molar-refractivity contribution in [2.45, 2.75) is 6.54 Å². The third kappa shape index (κ3) is 3.00. The molecule has 0 bridgehead atoms. The first-order chi connectivity index (χ1) is 11.1. The third-order valence-electron chi connectivity index (χ3n) is 3.31. The maximum Gasteiger partial charge on any atom is 0.190 e. The highest BCUT2D eigenvalue weighted by molar-refractivity contribution is 7.20. The molecule has 0 unspecified atom stereocenters. The van der Waals surface area contributed by atoms with Gasteiger partial charge in [-0.05, 0) is 12.1 Å². The van der Waals surface area contributed by atoms with Crippen LogP contribution in [0.15, 0.2) is 41.3 Å². The van der Waals surface area contributed by atoms with Crippen molar-refractivity contribution in [3.8, 4) is 5.06 Å². The number of thiophene rings is 1. The van der Waals surface area contributed by atoms with Crippen molar-refractivity contribution < 1.29 is 18.3 Å². The second-order valence-electron chi connectivity index (χ2n) is 4.77. The molecule has 0 saturated heterocycles. The van der Waals surface area contributed by atoms with Crippen LogP contribution in [0.3, 0.4) is 0 Å². The second-order valence-corrected chi connectivity index (χ2v) is 5.76. The zero-order valence-electron chi connectivity index (χ0n) is 11.8. The van der Waals surface area contributed by atoms with Crippen LogP contribution in [0, 0.1) is 11.6 Å². The first-order valence-electron chi connectivity index (χ1n) is 6.72. The maximum atomic E-state index is 13.8. The van der Waals surface area contributed by atoms with Crippen LogP contribution in [-0.2, 0) is 11.3 Å². The molecular formula is C16H11F2NO3S. The predicted molar refractivity (Wildman–Crippen MR) is 83.1 cm³/mol. The highest BCUT2D eigenvalue weighted by atomic mass is 32.1. The van der Waals surface area contributed by atoms with Gasteiger partial charge < -0.3 is 9.30 Å². The SMILES string of the molecule is O=CCOc1cc2c(=O)ccn(Cc3c(F)cccc3F)c2s1. The number of hydrogen-bond acceptors (Lipinski definition) is 4. The van der Waals surface area contributed by atoms with Gasteiger partial charge in [0, 0.05) is 23.9 Å². The summed E-state index contributed by atoms with van der Waals surface area (Å²) < 4.78 is 34.4. The van der Waals surface area contributed by atoms with Gasteiger partial charge in [-0.1, -0.05) is 17.4 Å². The third-order valence-corrected chi connectivity index (χ3v) is 4.39. The van der Waals surface area contributed by atoms with Crippen LogP contribution in [0.25, 0.3) is 10.2 Å². The van der Waals surface area contributed by atoms with Crippen LogP contribution in [0.4, 0.5) is 8.78 Å². The van der Waals surface area contributed by atoms with E-state index in [4.69, 9.17) is 4.74 Å². The van der Waals surface area contributed by atoms with Gasteiger partial charge in [-0.2, -0.15) is 0 Å². The van der Waals surface area contributed by atoms with Gasteiger partial charge in [-0.15, -0.1) is 0 Å². The Morgan fingerprint density at radius 2 is 1.96 bits per heavy atom. The highest BCUT2D eigenvalue weighted by Crippen LogP contribution is 2.30. The predicted octanol–water partition coefficient (Wildman–Crippen LogP) is 2.97. The van der Waals surface area contributed by atoms with Gasteiger partial charge in [0.25, 0.3) is 0 Å². The van der Waals surface area contributed by atoms with Crippen LogP contribution in [0.2, 0.25) is 0 Å². The molecule has 1 aromatic carbocycles. The molecule has 2 aromatic heterocycles. The van der Waals surface area contributed by atoms with Crippen molar-refractivity contribution in [3.63, 3.8) is 0 Å². The zero-order valence-corrected chi connectivity index (χ0v) is 12.6. The lowest BCUT2D eigenvalue weighted by Crippen LogP contribution is -2.09. The fraction of sp³-hybridized carbons (Fsp3) is 0.125. The quantitative estimate of drug-likeness (QED) is 0.674. The average molecular weight is 335 g/mol. The molecule has 0 amide bonds. The van der Waals surface area contributed by atoms with Gasteiger partial charge in [0.1, 0.15) is 23.1 Å². The molecule has 0 atom stereocenters. The molecular weight excluding hydrogens is 324 g/mol. The van der Waals surface area contributed by atoms with Gasteiger partial charge in [-0.3, -0.25) is 9.59 Å². The van der Waals surface area contributed by atoms with Crippen LogP contribution in [-0.4, -0.2) is 17.5 Å². The molecule has 3 rings (SSSR count). The molecule has 2 heterocycles. The number of hydrogen-bond donors (Lipinski definition) is 0. The molecule has 0 aliphatic carbocycles. The number of ether oxygens (including phenoxy) is 1. The Balaban J connectivity index is 2.07. The number of carbonyl (C=O) groups excluding carboxylic acids is 1. The Kier molecular flexibility index (Phi) is 4.20. The van der Waals surface area contributed by atoms with E-state index in [1.54, 1.807) is 4.57 Å². The lowest BCUT2D eigenvalue weighted by Gasteiger charge is -2.09. The van der Waals surface area contributed by atoms with Crippen molar-refractivity contribution in [1.82, 2.24) is 4.57 Å². The van der Waals surface area contributed by atoms with Crippen molar-refractivity contribution in [2.24, 2.45) is 0 Å². The summed E-state index contributed by atoms with van der Waals surface area (Å²) >= 11 is 1.15. The summed E-state index contributed by atoms with van der Waals surface area (Å²) in [6.45, 7) is -0.175. The number of benzene rings is 1. The summed E-state index contributed by atoms with van der Waals surface area (Å²) in [5.41, 5.74) is -0.302. The molecule has 118 valence electrons. The van der Waals surface area contributed by atoms with E-state index in [0.29, 0.717) is 21.6 Å². The molecule has 0 saturated carbocycles. The topological polar surface area (TPSA) is 48.3 Å². The number of rotatable bonds is 5. The summed E-state index contributed by atoms with van der Waals surface area (Å²) in [7, 11) is 0. The van der Waals surface area contributed by atoms with Crippen LogP contribution in [0.5, 0.6) is 5.06 Å². The van der Waals surface area contributed by atoms with E-state index >= 15 is 0 Å². The van der Waals surface area contributed by atoms with Crippen LogP contribution >= 0.6 is 11.3 Å². The number of nitrogens with zero attached hydrogens (tertiary/aromatic N) is 1. The number of fused-ring (bicyclic) bond motifs is 1. The average Bonchev–Trinajstić information content (AvgIpc) is 2.96. The largest absolute Gasteiger partial charge is 0.476 e. The van der Waals surface area contributed by atoms with E-state index in [1.165, 1.54) is 36.5 Å². The van der Waals surface area contributed by atoms with Gasteiger partial charge >= 0.3 is 0 Å². The summed E-state index contributed by atoms with van der Waals surface area (Å²) in [5.74, 6) is -1.29. The van der Waals surface area contributed by atoms with E-state index in [2.05, 4.69) is 0 Å². The van der Waals surface area contributed by atoms with E-state index in [9.17, 15) is 18.4 Å². The van der Waals surface area contributed by atoms with Crippen molar-refractivity contribution in [1.29, 1.82) is 0 Å². The van der Waals surface area contributed by atoms with Gasteiger partial charge in [0.15, 0.2) is 16.8 Å². The molecule has 23 heavy (non-hydrogen) atoms. The number of halogens is 2. The summed E-state index contributed by atoms with van der Waals surface area (Å²) in [6.07, 6.45) is 2.09. The number of aldehydes is 1. The Labute approximate surface area is 133 Å². The molecule has 0 N–H and O–H groups in total. The summed E-state index contributed by atoms with van der Waals surface area (Å²) in [6, 6.07) is 6.53. The van der Waals surface area contributed by atoms with Crippen molar-refractivity contribution in [2.75, 3.05) is 6.61 Å². The Bertz CT molecular complexity index is 912. The number of aromatic nitrogens is 1. The molecule has 3 aromatic rings. The minimum Gasteiger partial charge on any atom is -0.476 e. The monoisotopic (exact) mass is 335 g/mol. The lowest BCUT2D eigenvalue weighted by molar-refractivity contribution is -0.109. The Morgan fingerprint density at radius 3 is 2.65 bits per heavy atom. The van der Waals surface area contributed by atoms with Crippen LogP contribution in [0.1, 0.15) is 5.56 Å². The Morgan fingerprint density at radius 1 is 1.22 bits per heavy atom. The van der Waals surface area contributed by atoms with Crippen LogP contribution < -0.4 is 10.2 Å². The standard InChI is InChI=1S/C16H11F2NO3S/c17-12-2-1-3-13(18)11(12)9-19-5-4-14(21)10-8-15(22-7-6-20)23-16(10)19/h1-6,8H,7,9H2. The first kappa shape index (κ1) is 15.4. The molecule has 0 aliphatic rings. The first-order valence-corrected chi connectivity index (χ1v) is 7.54. The number of carbonyl (C=O) groups is 1. The van der Waals surface area contributed by atoms with Crippen molar-refractivity contribution >= 4 is 27.8 Å². The molecule has 0 aliphatic heterocycles. The molecule has 0 fully saturated rings. The fourth-order valence-corrected chi connectivity index (χ4v) is 3.24. The van der Waals surface area contributed by atoms with E-state index in [0.717, 1.165) is 11.3 Å². The minimum absolute atomic E-state index is 0.0527. The van der Waals surface area contributed by atoms with E-state index in [1.807, 2.05) is 0 Å². The summed E-state index contributed by atoms with van der Waals surface area (Å²) in [5, 5.41) is 0.785.